The van der Waals surface area contributed by atoms with Crippen molar-refractivity contribution in [1.82, 2.24) is 14.9 Å². The number of fused-ring (bicyclic) bond motifs is 1. The van der Waals surface area contributed by atoms with Crippen molar-refractivity contribution in [3.05, 3.63) is 51.3 Å². The molecule has 3 aromatic rings. The topological polar surface area (TPSA) is 77.1 Å². The molecule has 138 valence electrons. The molecule has 7 heteroatoms. The molecule has 0 saturated heterocycles. The molecule has 26 heavy (non-hydrogen) atoms. The highest BCUT2D eigenvalue weighted by Gasteiger charge is 2.13. The Balaban J connectivity index is 1.56. The highest BCUT2D eigenvalue weighted by Crippen LogP contribution is 2.25. The molecule has 1 amide bonds. The third kappa shape index (κ3) is 4.04. The van der Waals surface area contributed by atoms with Gasteiger partial charge in [-0.05, 0) is 44.9 Å². The standard InChI is InChI=1S/C19H23N3O3S/c1-12(6-7-15-5-4-10-25-15)21-16(23)8-9-22-11-20-18-17(19(22)24)13(2)14(3)26-18/h4-5,10-12H,6-9H2,1-3H3,(H,21,23). The fourth-order valence-electron chi connectivity index (χ4n) is 2.88. The summed E-state index contributed by atoms with van der Waals surface area (Å²) in [4.78, 5) is 31.0. The first-order valence-electron chi connectivity index (χ1n) is 8.72. The second kappa shape index (κ2) is 7.86. The van der Waals surface area contributed by atoms with Gasteiger partial charge in [0.05, 0.1) is 18.0 Å². The third-order valence-corrected chi connectivity index (χ3v) is 5.66. The SMILES string of the molecule is Cc1sc2ncn(CCC(=O)NC(C)CCc3ccco3)c(=O)c2c1C. The summed E-state index contributed by atoms with van der Waals surface area (Å²) in [6.07, 6.45) is 5.03. The number of nitrogens with one attached hydrogen (secondary N) is 1. The van der Waals surface area contributed by atoms with E-state index in [2.05, 4.69) is 10.3 Å². The van der Waals surface area contributed by atoms with E-state index in [9.17, 15) is 9.59 Å². The summed E-state index contributed by atoms with van der Waals surface area (Å²) in [7, 11) is 0. The van der Waals surface area contributed by atoms with Gasteiger partial charge in [0.25, 0.3) is 5.56 Å². The van der Waals surface area contributed by atoms with Gasteiger partial charge >= 0.3 is 0 Å². The molecule has 3 heterocycles. The van der Waals surface area contributed by atoms with Gasteiger partial charge in [0.1, 0.15) is 10.6 Å². The fraction of sp³-hybridized carbons (Fsp3) is 0.421. The predicted octanol–water partition coefficient (Wildman–Crippen LogP) is 3.20. The molecule has 0 saturated carbocycles. The lowest BCUT2D eigenvalue weighted by molar-refractivity contribution is -0.121. The van der Waals surface area contributed by atoms with Crippen molar-refractivity contribution < 1.29 is 9.21 Å². The maximum Gasteiger partial charge on any atom is 0.262 e. The van der Waals surface area contributed by atoms with Crippen LogP contribution in [0, 0.1) is 13.8 Å². The Morgan fingerprint density at radius 2 is 2.23 bits per heavy atom. The van der Waals surface area contributed by atoms with Crippen molar-refractivity contribution >= 4 is 27.5 Å². The van der Waals surface area contributed by atoms with Crippen LogP contribution in [0.1, 0.15) is 36.0 Å². The summed E-state index contributed by atoms with van der Waals surface area (Å²) in [6.45, 7) is 6.23. The molecule has 0 aliphatic rings. The van der Waals surface area contributed by atoms with E-state index in [1.165, 1.54) is 22.2 Å². The van der Waals surface area contributed by atoms with Crippen LogP contribution < -0.4 is 10.9 Å². The molecule has 0 radical (unpaired) electrons. The molecule has 3 rings (SSSR count). The minimum atomic E-state index is -0.0736. The molecule has 1 unspecified atom stereocenters. The molecule has 0 spiro atoms. The number of carbonyl (C=O) groups is 1. The zero-order valence-electron chi connectivity index (χ0n) is 15.2. The Labute approximate surface area is 155 Å². The Morgan fingerprint density at radius 1 is 1.42 bits per heavy atom. The van der Waals surface area contributed by atoms with Crippen molar-refractivity contribution in [1.29, 1.82) is 0 Å². The highest BCUT2D eigenvalue weighted by molar-refractivity contribution is 7.18. The molecule has 0 aliphatic carbocycles. The minimum absolute atomic E-state index is 0.0479. The monoisotopic (exact) mass is 373 g/mol. The van der Waals surface area contributed by atoms with Crippen molar-refractivity contribution in [2.75, 3.05) is 0 Å². The molecular formula is C19H23N3O3S. The van der Waals surface area contributed by atoms with Crippen LogP contribution in [0.25, 0.3) is 10.2 Å². The maximum atomic E-state index is 12.6. The largest absolute Gasteiger partial charge is 0.469 e. The normalized spacial score (nSPS) is 12.4. The van der Waals surface area contributed by atoms with E-state index in [1.807, 2.05) is 32.9 Å². The lowest BCUT2D eigenvalue weighted by Crippen LogP contribution is -2.34. The summed E-state index contributed by atoms with van der Waals surface area (Å²) in [5.41, 5.74) is 0.906. The molecule has 1 N–H and O–H groups in total. The molecular weight excluding hydrogens is 350 g/mol. The molecule has 0 fully saturated rings. The second-order valence-electron chi connectivity index (χ2n) is 6.54. The van der Waals surface area contributed by atoms with Crippen LogP contribution in [0.2, 0.25) is 0 Å². The van der Waals surface area contributed by atoms with Gasteiger partial charge in [-0.1, -0.05) is 0 Å². The smallest absolute Gasteiger partial charge is 0.262 e. The quantitative estimate of drug-likeness (QED) is 0.690. The van der Waals surface area contributed by atoms with Gasteiger partial charge < -0.3 is 9.73 Å². The Bertz CT molecular complexity index is 956. The first kappa shape index (κ1) is 18.4. The fourth-order valence-corrected chi connectivity index (χ4v) is 3.87. The van der Waals surface area contributed by atoms with Gasteiger partial charge in [-0.2, -0.15) is 0 Å². The van der Waals surface area contributed by atoms with Crippen molar-refractivity contribution in [2.45, 2.75) is 52.6 Å². The highest BCUT2D eigenvalue weighted by atomic mass is 32.1. The summed E-state index contributed by atoms with van der Waals surface area (Å²) in [5.74, 6) is 0.848. The van der Waals surface area contributed by atoms with Gasteiger partial charge in [0.2, 0.25) is 5.91 Å². The van der Waals surface area contributed by atoms with Gasteiger partial charge in [-0.15, -0.1) is 11.3 Å². The van der Waals surface area contributed by atoms with E-state index in [1.54, 1.807) is 6.26 Å². The number of nitrogens with zero attached hydrogens (tertiary/aromatic N) is 2. The lowest BCUT2D eigenvalue weighted by atomic mass is 10.1. The number of aryl methyl sites for hydroxylation is 4. The Kier molecular flexibility index (Phi) is 5.56. The van der Waals surface area contributed by atoms with Crippen LogP contribution in [0.5, 0.6) is 0 Å². The number of aromatic nitrogens is 2. The van der Waals surface area contributed by atoms with Crippen LogP contribution in [0.15, 0.2) is 33.9 Å². The minimum Gasteiger partial charge on any atom is -0.469 e. The van der Waals surface area contributed by atoms with Crippen LogP contribution in [-0.2, 0) is 17.8 Å². The van der Waals surface area contributed by atoms with Crippen LogP contribution in [0.3, 0.4) is 0 Å². The molecule has 0 bridgehead atoms. The maximum absolute atomic E-state index is 12.6. The summed E-state index contributed by atoms with van der Waals surface area (Å²) in [5, 5.41) is 3.64. The molecule has 1 atom stereocenters. The van der Waals surface area contributed by atoms with E-state index >= 15 is 0 Å². The number of hydrogen-bond donors (Lipinski definition) is 1. The Morgan fingerprint density at radius 3 is 2.96 bits per heavy atom. The number of furan rings is 1. The lowest BCUT2D eigenvalue weighted by Gasteiger charge is -2.13. The van der Waals surface area contributed by atoms with E-state index in [0.29, 0.717) is 11.9 Å². The second-order valence-corrected chi connectivity index (χ2v) is 7.75. The van der Waals surface area contributed by atoms with Crippen molar-refractivity contribution in [3.8, 4) is 0 Å². The number of hydrogen-bond acceptors (Lipinski definition) is 5. The average Bonchev–Trinajstić information content (AvgIpc) is 3.21. The number of carbonyl (C=O) groups excluding carboxylic acids is 1. The van der Waals surface area contributed by atoms with Gasteiger partial charge in [0, 0.05) is 30.3 Å². The van der Waals surface area contributed by atoms with Crippen molar-refractivity contribution in [2.24, 2.45) is 0 Å². The number of amides is 1. The molecule has 3 aromatic heterocycles. The van der Waals surface area contributed by atoms with Gasteiger partial charge in [-0.25, -0.2) is 4.98 Å². The first-order valence-corrected chi connectivity index (χ1v) is 9.54. The zero-order valence-corrected chi connectivity index (χ0v) is 16.1. The van der Waals surface area contributed by atoms with Crippen LogP contribution in [-0.4, -0.2) is 21.5 Å². The summed E-state index contributed by atoms with van der Waals surface area (Å²) in [6, 6.07) is 3.84. The molecule has 6 nitrogen and oxygen atoms in total. The van der Waals surface area contributed by atoms with Gasteiger partial charge in [-0.3, -0.25) is 14.2 Å². The number of thiophene rings is 1. The van der Waals surface area contributed by atoms with E-state index < -0.39 is 0 Å². The van der Waals surface area contributed by atoms with Crippen LogP contribution >= 0.6 is 11.3 Å². The van der Waals surface area contributed by atoms with Crippen LogP contribution in [0.4, 0.5) is 0 Å². The third-order valence-electron chi connectivity index (χ3n) is 4.55. The Hall–Kier alpha value is -2.41. The molecule has 0 aromatic carbocycles. The average molecular weight is 373 g/mol. The van der Waals surface area contributed by atoms with Gasteiger partial charge in [0.15, 0.2) is 0 Å². The van der Waals surface area contributed by atoms with E-state index in [0.717, 1.165) is 33.9 Å². The summed E-state index contributed by atoms with van der Waals surface area (Å²) >= 11 is 1.53. The van der Waals surface area contributed by atoms with E-state index in [-0.39, 0.29) is 23.9 Å². The first-order chi connectivity index (χ1) is 12.5. The predicted molar refractivity (Wildman–Crippen MR) is 103 cm³/mol. The molecule has 0 aliphatic heterocycles. The van der Waals surface area contributed by atoms with E-state index in [4.69, 9.17) is 4.42 Å². The number of rotatable bonds is 7. The van der Waals surface area contributed by atoms with Crippen molar-refractivity contribution in [3.63, 3.8) is 0 Å². The summed E-state index contributed by atoms with van der Waals surface area (Å²) < 4.78 is 6.82. The zero-order chi connectivity index (χ0) is 18.7.